The highest BCUT2D eigenvalue weighted by Gasteiger charge is 2.21. The predicted octanol–water partition coefficient (Wildman–Crippen LogP) is 1.58. The molecule has 2 unspecified atom stereocenters. The minimum atomic E-state index is -0.0732. The van der Waals surface area contributed by atoms with Crippen LogP contribution in [0.2, 0.25) is 0 Å². The van der Waals surface area contributed by atoms with E-state index in [-0.39, 0.29) is 17.8 Å². The van der Waals surface area contributed by atoms with E-state index in [4.69, 9.17) is 20.9 Å². The van der Waals surface area contributed by atoms with Crippen LogP contribution in [0.5, 0.6) is 17.2 Å². The lowest BCUT2D eigenvalue weighted by atomic mass is 9.96. The Labute approximate surface area is 120 Å². The van der Waals surface area contributed by atoms with E-state index in [1.807, 2.05) is 13.8 Å². The van der Waals surface area contributed by atoms with E-state index >= 15 is 0 Å². The number of nitrogens with two attached hydrogens (primary N) is 2. The Morgan fingerprint density at radius 3 is 2.00 bits per heavy atom. The topological polar surface area (TPSA) is 90.7 Å². The molecule has 2 atom stereocenters. The molecular weight excluding hydrogens is 256 g/mol. The van der Waals surface area contributed by atoms with Crippen molar-refractivity contribution >= 4 is 0 Å². The third-order valence-electron chi connectivity index (χ3n) is 3.39. The lowest BCUT2D eigenvalue weighted by Gasteiger charge is -2.20. The van der Waals surface area contributed by atoms with Gasteiger partial charge in [-0.25, -0.2) is 0 Å². The number of hydrogen-bond donors (Lipinski definition) is 3. The van der Waals surface area contributed by atoms with Gasteiger partial charge in [0.25, 0.3) is 0 Å². The Morgan fingerprint density at radius 2 is 1.60 bits per heavy atom. The van der Waals surface area contributed by atoms with Crippen LogP contribution in [-0.2, 0) is 12.8 Å². The third-order valence-corrected chi connectivity index (χ3v) is 3.39. The van der Waals surface area contributed by atoms with Gasteiger partial charge < -0.3 is 26.0 Å². The van der Waals surface area contributed by atoms with Crippen LogP contribution in [0.25, 0.3) is 0 Å². The van der Waals surface area contributed by atoms with E-state index in [9.17, 15) is 5.11 Å². The standard InChI is InChI=1S/C15H26N2O3/c1-5-10(17)7-12-14(20-4)8-13(19-3)11(15(12)18)6-9(2)16/h8-10,18H,5-7,16-17H2,1-4H3. The van der Waals surface area contributed by atoms with E-state index in [0.29, 0.717) is 29.9 Å². The molecule has 5 nitrogen and oxygen atoms in total. The smallest absolute Gasteiger partial charge is 0.129 e. The molecule has 5 heteroatoms. The van der Waals surface area contributed by atoms with Gasteiger partial charge in [-0.15, -0.1) is 0 Å². The van der Waals surface area contributed by atoms with Gasteiger partial charge in [-0.3, -0.25) is 0 Å². The Kier molecular flexibility index (Phi) is 6.10. The van der Waals surface area contributed by atoms with Crippen molar-refractivity contribution in [3.8, 4) is 17.2 Å². The summed E-state index contributed by atoms with van der Waals surface area (Å²) in [5.41, 5.74) is 13.3. The van der Waals surface area contributed by atoms with Crippen molar-refractivity contribution in [2.45, 2.75) is 45.2 Å². The zero-order chi connectivity index (χ0) is 15.3. The maximum atomic E-state index is 10.5. The summed E-state index contributed by atoms with van der Waals surface area (Å²) in [7, 11) is 3.14. The molecule has 0 radical (unpaired) electrons. The fourth-order valence-electron chi connectivity index (χ4n) is 2.20. The molecule has 1 rings (SSSR count). The molecule has 0 bridgehead atoms. The molecule has 5 N–H and O–H groups in total. The number of aromatic hydroxyl groups is 1. The zero-order valence-corrected chi connectivity index (χ0v) is 12.8. The highest BCUT2D eigenvalue weighted by molar-refractivity contribution is 5.57. The van der Waals surface area contributed by atoms with Gasteiger partial charge in [-0.1, -0.05) is 6.92 Å². The van der Waals surface area contributed by atoms with E-state index in [2.05, 4.69) is 0 Å². The van der Waals surface area contributed by atoms with Crippen LogP contribution in [0.1, 0.15) is 31.4 Å². The molecule has 1 aromatic carbocycles. The third kappa shape index (κ3) is 3.77. The number of methoxy groups -OCH3 is 2. The van der Waals surface area contributed by atoms with Crippen molar-refractivity contribution in [3.05, 3.63) is 17.2 Å². The highest BCUT2D eigenvalue weighted by atomic mass is 16.5. The maximum Gasteiger partial charge on any atom is 0.129 e. The number of rotatable bonds is 7. The molecule has 0 saturated heterocycles. The van der Waals surface area contributed by atoms with Crippen molar-refractivity contribution in [3.63, 3.8) is 0 Å². The first-order valence-electron chi connectivity index (χ1n) is 6.91. The average Bonchev–Trinajstić information content (AvgIpc) is 2.42. The average molecular weight is 282 g/mol. The Hall–Kier alpha value is -1.46. The molecule has 0 aliphatic heterocycles. The second-order valence-electron chi connectivity index (χ2n) is 5.14. The lowest BCUT2D eigenvalue weighted by molar-refractivity contribution is 0.370. The molecule has 0 fully saturated rings. The monoisotopic (exact) mass is 282 g/mol. The minimum absolute atomic E-state index is 0.0219. The molecule has 0 amide bonds. The van der Waals surface area contributed by atoms with Crippen LogP contribution in [0, 0.1) is 0 Å². The first-order valence-corrected chi connectivity index (χ1v) is 6.91. The molecule has 0 aliphatic carbocycles. The molecule has 114 valence electrons. The van der Waals surface area contributed by atoms with Crippen LogP contribution in [0.4, 0.5) is 0 Å². The van der Waals surface area contributed by atoms with Gasteiger partial charge >= 0.3 is 0 Å². The lowest BCUT2D eigenvalue weighted by Crippen LogP contribution is -2.22. The molecule has 20 heavy (non-hydrogen) atoms. The summed E-state index contributed by atoms with van der Waals surface area (Å²) in [5, 5.41) is 10.5. The van der Waals surface area contributed by atoms with Gasteiger partial charge in [0.15, 0.2) is 0 Å². The first kappa shape index (κ1) is 16.6. The molecule has 0 heterocycles. The highest BCUT2D eigenvalue weighted by Crippen LogP contribution is 2.39. The van der Waals surface area contributed by atoms with E-state index in [0.717, 1.165) is 12.0 Å². The van der Waals surface area contributed by atoms with Crippen molar-refractivity contribution in [1.29, 1.82) is 0 Å². The van der Waals surface area contributed by atoms with Gasteiger partial charge in [-0.05, 0) is 26.2 Å². The molecule has 0 saturated carbocycles. The van der Waals surface area contributed by atoms with Gasteiger partial charge in [0.1, 0.15) is 17.2 Å². The SMILES string of the molecule is CCC(N)Cc1c(OC)cc(OC)c(CC(C)N)c1O. The molecule has 0 spiro atoms. The minimum Gasteiger partial charge on any atom is -0.507 e. The second kappa shape index (κ2) is 7.36. The van der Waals surface area contributed by atoms with Crippen LogP contribution >= 0.6 is 0 Å². The Morgan fingerprint density at radius 1 is 1.10 bits per heavy atom. The van der Waals surface area contributed by atoms with Crippen molar-refractivity contribution in [2.24, 2.45) is 11.5 Å². The maximum absolute atomic E-state index is 10.5. The predicted molar refractivity (Wildman–Crippen MR) is 80.5 cm³/mol. The van der Waals surface area contributed by atoms with Gasteiger partial charge in [0.05, 0.1) is 14.2 Å². The number of ether oxygens (including phenoxy) is 2. The zero-order valence-electron chi connectivity index (χ0n) is 12.8. The van der Waals surface area contributed by atoms with Crippen molar-refractivity contribution in [2.75, 3.05) is 14.2 Å². The fourth-order valence-corrected chi connectivity index (χ4v) is 2.20. The van der Waals surface area contributed by atoms with E-state index in [1.54, 1.807) is 20.3 Å². The summed E-state index contributed by atoms with van der Waals surface area (Å²) < 4.78 is 10.7. The van der Waals surface area contributed by atoms with Crippen LogP contribution in [-0.4, -0.2) is 31.4 Å². The summed E-state index contributed by atoms with van der Waals surface area (Å²) >= 11 is 0. The fraction of sp³-hybridized carbons (Fsp3) is 0.600. The largest absolute Gasteiger partial charge is 0.507 e. The molecule has 0 aromatic heterocycles. The molecular formula is C15H26N2O3. The summed E-state index contributed by atoms with van der Waals surface area (Å²) in [6.45, 7) is 3.90. The van der Waals surface area contributed by atoms with E-state index < -0.39 is 0 Å². The number of benzene rings is 1. The van der Waals surface area contributed by atoms with Gasteiger partial charge in [0, 0.05) is 29.3 Å². The molecule has 1 aromatic rings. The van der Waals surface area contributed by atoms with Gasteiger partial charge in [-0.2, -0.15) is 0 Å². The van der Waals surface area contributed by atoms with Crippen LogP contribution < -0.4 is 20.9 Å². The van der Waals surface area contributed by atoms with Crippen LogP contribution in [0.15, 0.2) is 6.07 Å². The van der Waals surface area contributed by atoms with Crippen molar-refractivity contribution in [1.82, 2.24) is 0 Å². The Balaban J connectivity index is 3.33. The number of phenolic OH excluding ortho intramolecular Hbond substituents is 1. The van der Waals surface area contributed by atoms with Crippen molar-refractivity contribution < 1.29 is 14.6 Å². The number of hydrogen-bond acceptors (Lipinski definition) is 5. The molecule has 0 aliphatic rings. The van der Waals surface area contributed by atoms with Gasteiger partial charge in [0.2, 0.25) is 0 Å². The summed E-state index contributed by atoms with van der Waals surface area (Å²) in [6.07, 6.45) is 1.92. The second-order valence-corrected chi connectivity index (χ2v) is 5.14. The summed E-state index contributed by atoms with van der Waals surface area (Å²) in [5.74, 6) is 1.37. The Bertz CT molecular complexity index is 447. The number of phenols is 1. The quantitative estimate of drug-likeness (QED) is 0.706. The normalized spacial score (nSPS) is 13.9. The van der Waals surface area contributed by atoms with Crippen LogP contribution in [0.3, 0.4) is 0 Å². The first-order chi connectivity index (χ1) is 9.44. The van der Waals surface area contributed by atoms with E-state index in [1.165, 1.54) is 0 Å². The summed E-state index contributed by atoms with van der Waals surface area (Å²) in [4.78, 5) is 0. The summed E-state index contributed by atoms with van der Waals surface area (Å²) in [6, 6.07) is 1.69.